The monoisotopic (exact) mass is 239 g/mol. The van der Waals surface area contributed by atoms with E-state index < -0.39 is 0 Å². The van der Waals surface area contributed by atoms with Gasteiger partial charge in [-0.2, -0.15) is 4.98 Å². The Hall–Kier alpha value is -1.40. The molecule has 0 amide bonds. The lowest BCUT2D eigenvalue weighted by molar-refractivity contribution is 0.157. The molecule has 6 nitrogen and oxygen atoms in total. The van der Waals surface area contributed by atoms with Crippen molar-refractivity contribution in [2.75, 3.05) is 31.0 Å². The van der Waals surface area contributed by atoms with Crippen LogP contribution < -0.4 is 16.6 Å². The van der Waals surface area contributed by atoms with Crippen molar-refractivity contribution in [3.63, 3.8) is 0 Å². The number of nitrogens with zero attached hydrogens (tertiary/aromatic N) is 2. The third-order valence-electron chi connectivity index (χ3n) is 2.52. The van der Waals surface area contributed by atoms with Gasteiger partial charge in [0.05, 0.1) is 0 Å². The van der Waals surface area contributed by atoms with E-state index in [1.165, 1.54) is 0 Å². The molecule has 1 aromatic heterocycles. The molecule has 0 radical (unpaired) electrons. The van der Waals surface area contributed by atoms with Crippen LogP contribution in [0.1, 0.15) is 20.3 Å². The average molecular weight is 239 g/mol. The van der Waals surface area contributed by atoms with Crippen LogP contribution in [0.3, 0.4) is 0 Å². The van der Waals surface area contributed by atoms with Crippen molar-refractivity contribution in [1.82, 2.24) is 9.97 Å². The first-order valence-corrected chi connectivity index (χ1v) is 5.60. The molecule has 0 saturated heterocycles. The molecule has 1 heterocycles. The SMILES string of the molecule is COCCC(C)(C)CNc1ccnc(NN)n1. The zero-order valence-corrected chi connectivity index (χ0v) is 10.7. The van der Waals surface area contributed by atoms with Crippen molar-refractivity contribution >= 4 is 11.8 Å². The number of anilines is 2. The molecule has 0 aromatic carbocycles. The summed E-state index contributed by atoms with van der Waals surface area (Å²) in [5.41, 5.74) is 2.57. The van der Waals surface area contributed by atoms with Crippen LogP contribution in [0, 0.1) is 5.41 Å². The highest BCUT2D eigenvalue weighted by atomic mass is 16.5. The highest BCUT2D eigenvalue weighted by Gasteiger charge is 2.17. The van der Waals surface area contributed by atoms with Gasteiger partial charge >= 0.3 is 0 Å². The van der Waals surface area contributed by atoms with Crippen molar-refractivity contribution in [2.45, 2.75) is 20.3 Å². The maximum Gasteiger partial charge on any atom is 0.239 e. The molecule has 0 aliphatic heterocycles. The van der Waals surface area contributed by atoms with Crippen LogP contribution in [0.25, 0.3) is 0 Å². The Morgan fingerprint density at radius 1 is 1.47 bits per heavy atom. The topological polar surface area (TPSA) is 85.1 Å². The molecule has 6 heteroatoms. The maximum atomic E-state index is 5.25. The van der Waals surface area contributed by atoms with Gasteiger partial charge in [-0.1, -0.05) is 13.8 Å². The first-order valence-electron chi connectivity index (χ1n) is 5.60. The number of hydrazine groups is 1. The lowest BCUT2D eigenvalue weighted by Gasteiger charge is -2.24. The average Bonchev–Trinajstić information content (AvgIpc) is 2.34. The molecule has 0 aliphatic rings. The molecule has 0 spiro atoms. The van der Waals surface area contributed by atoms with E-state index in [-0.39, 0.29) is 5.41 Å². The van der Waals surface area contributed by atoms with E-state index in [2.05, 4.69) is 34.6 Å². The van der Waals surface area contributed by atoms with Gasteiger partial charge < -0.3 is 10.1 Å². The number of nitrogen functional groups attached to an aromatic ring is 1. The highest BCUT2D eigenvalue weighted by Crippen LogP contribution is 2.20. The summed E-state index contributed by atoms with van der Waals surface area (Å²) in [6.45, 7) is 5.94. The molecule has 1 rings (SSSR count). The third-order valence-corrected chi connectivity index (χ3v) is 2.52. The number of rotatable bonds is 7. The first kappa shape index (κ1) is 13.7. The van der Waals surface area contributed by atoms with E-state index in [9.17, 15) is 0 Å². The van der Waals surface area contributed by atoms with Gasteiger partial charge in [0.1, 0.15) is 5.82 Å². The summed E-state index contributed by atoms with van der Waals surface area (Å²) < 4.78 is 5.09. The highest BCUT2D eigenvalue weighted by molar-refractivity contribution is 5.38. The van der Waals surface area contributed by atoms with Crippen molar-refractivity contribution in [2.24, 2.45) is 11.3 Å². The minimum atomic E-state index is 0.150. The van der Waals surface area contributed by atoms with Crippen molar-refractivity contribution in [3.8, 4) is 0 Å². The smallest absolute Gasteiger partial charge is 0.239 e. The second kappa shape index (κ2) is 6.36. The van der Waals surface area contributed by atoms with Gasteiger partial charge in [-0.05, 0) is 17.9 Å². The first-order chi connectivity index (χ1) is 8.07. The van der Waals surface area contributed by atoms with E-state index in [1.807, 2.05) is 6.07 Å². The summed E-state index contributed by atoms with van der Waals surface area (Å²) in [4.78, 5) is 8.13. The molecular formula is C11H21N5O. The Labute approximate surface area is 102 Å². The number of nitrogens with one attached hydrogen (secondary N) is 2. The number of ether oxygens (including phenoxy) is 1. The summed E-state index contributed by atoms with van der Waals surface area (Å²) in [6, 6.07) is 1.81. The standard InChI is InChI=1S/C11H21N5O/c1-11(2,5-7-17-3)8-14-9-4-6-13-10(15-9)16-12/h4,6H,5,7-8,12H2,1-3H3,(H2,13,14,15,16). The molecule has 0 saturated carbocycles. The fraction of sp³-hybridized carbons (Fsp3) is 0.636. The molecule has 4 N–H and O–H groups in total. The van der Waals surface area contributed by atoms with E-state index in [0.717, 1.165) is 25.4 Å². The summed E-state index contributed by atoms with van der Waals surface area (Å²) in [5, 5.41) is 3.27. The van der Waals surface area contributed by atoms with Gasteiger partial charge in [0.2, 0.25) is 5.95 Å². The molecule has 17 heavy (non-hydrogen) atoms. The largest absolute Gasteiger partial charge is 0.385 e. The lowest BCUT2D eigenvalue weighted by atomic mass is 9.90. The fourth-order valence-corrected chi connectivity index (χ4v) is 1.32. The van der Waals surface area contributed by atoms with Crippen LogP contribution >= 0.6 is 0 Å². The van der Waals surface area contributed by atoms with Crippen molar-refractivity contribution in [1.29, 1.82) is 0 Å². The van der Waals surface area contributed by atoms with Crippen LogP contribution in [-0.2, 0) is 4.74 Å². The molecule has 0 atom stereocenters. The van der Waals surface area contributed by atoms with Gasteiger partial charge in [-0.15, -0.1) is 0 Å². The van der Waals surface area contributed by atoms with Crippen LogP contribution in [-0.4, -0.2) is 30.2 Å². The Morgan fingerprint density at radius 2 is 2.24 bits per heavy atom. The van der Waals surface area contributed by atoms with Gasteiger partial charge in [0, 0.05) is 26.5 Å². The van der Waals surface area contributed by atoms with Crippen molar-refractivity contribution in [3.05, 3.63) is 12.3 Å². The number of methoxy groups -OCH3 is 1. The van der Waals surface area contributed by atoms with Crippen LogP contribution in [0.2, 0.25) is 0 Å². The maximum absolute atomic E-state index is 5.25. The zero-order valence-electron chi connectivity index (χ0n) is 10.7. The summed E-state index contributed by atoms with van der Waals surface area (Å²) >= 11 is 0. The summed E-state index contributed by atoms with van der Waals surface area (Å²) in [7, 11) is 1.72. The minimum Gasteiger partial charge on any atom is -0.385 e. The van der Waals surface area contributed by atoms with Crippen LogP contribution in [0.5, 0.6) is 0 Å². The molecule has 1 aromatic rings. The Kier molecular flexibility index (Phi) is 5.11. The quantitative estimate of drug-likeness (QED) is 0.490. The number of hydrogen-bond donors (Lipinski definition) is 3. The fourth-order valence-electron chi connectivity index (χ4n) is 1.32. The number of hydrogen-bond acceptors (Lipinski definition) is 6. The van der Waals surface area contributed by atoms with E-state index in [1.54, 1.807) is 13.3 Å². The molecule has 0 fully saturated rings. The van der Waals surface area contributed by atoms with Gasteiger partial charge in [-0.25, -0.2) is 10.8 Å². The zero-order chi connectivity index (χ0) is 12.7. The summed E-state index contributed by atoms with van der Waals surface area (Å²) in [6.07, 6.45) is 2.65. The van der Waals surface area contributed by atoms with E-state index in [0.29, 0.717) is 5.95 Å². The molecule has 0 aliphatic carbocycles. The van der Waals surface area contributed by atoms with Crippen LogP contribution in [0.4, 0.5) is 11.8 Å². The van der Waals surface area contributed by atoms with E-state index in [4.69, 9.17) is 10.6 Å². The van der Waals surface area contributed by atoms with Gasteiger partial charge in [-0.3, -0.25) is 5.43 Å². The van der Waals surface area contributed by atoms with E-state index >= 15 is 0 Å². The summed E-state index contributed by atoms with van der Waals surface area (Å²) in [5.74, 6) is 6.42. The molecule has 0 bridgehead atoms. The minimum absolute atomic E-state index is 0.150. The van der Waals surface area contributed by atoms with Crippen molar-refractivity contribution < 1.29 is 4.74 Å². The van der Waals surface area contributed by atoms with Gasteiger partial charge in [0.15, 0.2) is 0 Å². The Balaban J connectivity index is 2.48. The normalized spacial score (nSPS) is 11.3. The third kappa shape index (κ3) is 4.97. The Bertz CT molecular complexity index is 342. The number of aromatic nitrogens is 2. The lowest BCUT2D eigenvalue weighted by Crippen LogP contribution is -2.25. The molecular weight excluding hydrogens is 218 g/mol. The second-order valence-electron chi connectivity index (χ2n) is 4.67. The molecule has 0 unspecified atom stereocenters. The predicted molar refractivity (Wildman–Crippen MR) is 68.6 cm³/mol. The number of nitrogens with two attached hydrogens (primary N) is 1. The predicted octanol–water partition coefficient (Wildman–Crippen LogP) is 1.24. The Morgan fingerprint density at radius 3 is 2.88 bits per heavy atom. The van der Waals surface area contributed by atoms with Gasteiger partial charge in [0.25, 0.3) is 0 Å². The second-order valence-corrected chi connectivity index (χ2v) is 4.67. The van der Waals surface area contributed by atoms with Crippen LogP contribution in [0.15, 0.2) is 12.3 Å². The molecule has 96 valence electrons.